The fourth-order valence-electron chi connectivity index (χ4n) is 4.46. The van der Waals surface area contributed by atoms with Crippen LogP contribution in [0, 0.1) is 11.8 Å². The van der Waals surface area contributed by atoms with E-state index in [-0.39, 0.29) is 17.9 Å². The molecule has 0 bridgehead atoms. The SMILES string of the molecule is O=C(C[C@@H]1CCCC[C@H]1O)NCC1CCCCN(Cc2ccccc2)C1. The summed E-state index contributed by atoms with van der Waals surface area (Å²) in [7, 11) is 0. The molecule has 3 rings (SSSR count). The third-order valence-corrected chi connectivity index (χ3v) is 6.01. The van der Waals surface area contributed by atoms with Crippen LogP contribution in [0.3, 0.4) is 0 Å². The molecule has 1 aromatic rings. The van der Waals surface area contributed by atoms with E-state index in [2.05, 4.69) is 40.5 Å². The van der Waals surface area contributed by atoms with Gasteiger partial charge in [0.1, 0.15) is 0 Å². The summed E-state index contributed by atoms with van der Waals surface area (Å²) in [5.74, 6) is 0.809. The van der Waals surface area contributed by atoms with Crippen molar-refractivity contribution in [2.45, 2.75) is 64.0 Å². The molecule has 26 heavy (non-hydrogen) atoms. The zero-order valence-corrected chi connectivity index (χ0v) is 15.9. The predicted octanol–water partition coefficient (Wildman–Crippen LogP) is 3.35. The molecule has 0 spiro atoms. The molecule has 4 heteroatoms. The monoisotopic (exact) mass is 358 g/mol. The molecule has 1 heterocycles. The number of aliphatic hydroxyl groups excluding tert-OH is 1. The van der Waals surface area contributed by atoms with E-state index in [1.165, 1.54) is 24.8 Å². The molecular formula is C22H34N2O2. The molecule has 1 saturated carbocycles. The highest BCUT2D eigenvalue weighted by molar-refractivity contribution is 5.76. The van der Waals surface area contributed by atoms with Gasteiger partial charge in [0.2, 0.25) is 5.91 Å². The van der Waals surface area contributed by atoms with Gasteiger partial charge in [0.05, 0.1) is 6.10 Å². The normalized spacial score (nSPS) is 27.7. The minimum atomic E-state index is -0.284. The van der Waals surface area contributed by atoms with Gasteiger partial charge >= 0.3 is 0 Å². The van der Waals surface area contributed by atoms with Crippen molar-refractivity contribution < 1.29 is 9.90 Å². The Hall–Kier alpha value is -1.39. The van der Waals surface area contributed by atoms with E-state index in [9.17, 15) is 9.90 Å². The lowest BCUT2D eigenvalue weighted by atomic mass is 9.84. The maximum atomic E-state index is 12.3. The molecular weight excluding hydrogens is 324 g/mol. The summed E-state index contributed by atoms with van der Waals surface area (Å²) < 4.78 is 0. The lowest BCUT2D eigenvalue weighted by Crippen LogP contribution is -2.37. The molecule has 1 aromatic carbocycles. The fourth-order valence-corrected chi connectivity index (χ4v) is 4.46. The molecule has 144 valence electrons. The number of aliphatic hydroxyl groups is 1. The minimum absolute atomic E-state index is 0.120. The van der Waals surface area contributed by atoms with Crippen molar-refractivity contribution >= 4 is 5.91 Å². The zero-order chi connectivity index (χ0) is 18.2. The van der Waals surface area contributed by atoms with E-state index in [0.717, 1.165) is 51.9 Å². The molecule has 0 aromatic heterocycles. The second-order valence-corrected chi connectivity index (χ2v) is 8.20. The Morgan fingerprint density at radius 1 is 1.08 bits per heavy atom. The second-order valence-electron chi connectivity index (χ2n) is 8.20. The quantitative estimate of drug-likeness (QED) is 0.820. The van der Waals surface area contributed by atoms with Gasteiger partial charge in [0, 0.05) is 26.1 Å². The summed E-state index contributed by atoms with van der Waals surface area (Å²) in [5, 5.41) is 13.2. The van der Waals surface area contributed by atoms with Crippen LogP contribution >= 0.6 is 0 Å². The number of nitrogens with zero attached hydrogens (tertiary/aromatic N) is 1. The number of nitrogens with one attached hydrogen (secondary N) is 1. The summed E-state index contributed by atoms with van der Waals surface area (Å²) in [6.07, 6.45) is 7.97. The number of benzene rings is 1. The van der Waals surface area contributed by atoms with Gasteiger partial charge in [0.25, 0.3) is 0 Å². The molecule has 0 radical (unpaired) electrons. The van der Waals surface area contributed by atoms with E-state index in [4.69, 9.17) is 0 Å². The molecule has 1 saturated heterocycles. The Labute approximate surface area is 158 Å². The average Bonchev–Trinajstić information content (AvgIpc) is 2.88. The lowest BCUT2D eigenvalue weighted by molar-refractivity contribution is -0.123. The van der Waals surface area contributed by atoms with E-state index in [0.29, 0.717) is 12.3 Å². The van der Waals surface area contributed by atoms with Gasteiger partial charge in [0.15, 0.2) is 0 Å². The van der Waals surface area contributed by atoms with Crippen LogP contribution in [0.2, 0.25) is 0 Å². The van der Waals surface area contributed by atoms with Crippen LogP contribution in [-0.2, 0) is 11.3 Å². The van der Waals surface area contributed by atoms with Gasteiger partial charge in [-0.15, -0.1) is 0 Å². The smallest absolute Gasteiger partial charge is 0.220 e. The Morgan fingerprint density at radius 2 is 1.85 bits per heavy atom. The van der Waals surface area contributed by atoms with Crippen molar-refractivity contribution in [3.63, 3.8) is 0 Å². The Bertz CT molecular complexity index is 548. The largest absolute Gasteiger partial charge is 0.393 e. The van der Waals surface area contributed by atoms with Crippen molar-refractivity contribution in [2.24, 2.45) is 11.8 Å². The Kier molecular flexibility index (Phi) is 7.51. The van der Waals surface area contributed by atoms with Crippen LogP contribution in [-0.4, -0.2) is 41.7 Å². The van der Waals surface area contributed by atoms with Crippen molar-refractivity contribution in [3.05, 3.63) is 35.9 Å². The summed E-state index contributed by atoms with van der Waals surface area (Å²) in [6, 6.07) is 10.6. The molecule has 4 nitrogen and oxygen atoms in total. The van der Waals surface area contributed by atoms with Crippen LogP contribution in [0.1, 0.15) is 56.9 Å². The first-order valence-corrected chi connectivity index (χ1v) is 10.4. The van der Waals surface area contributed by atoms with Crippen LogP contribution in [0.5, 0.6) is 0 Å². The molecule has 2 aliphatic rings. The fraction of sp³-hybridized carbons (Fsp3) is 0.682. The first-order valence-electron chi connectivity index (χ1n) is 10.4. The minimum Gasteiger partial charge on any atom is -0.393 e. The molecule has 3 atom stereocenters. The molecule has 1 amide bonds. The van der Waals surface area contributed by atoms with Gasteiger partial charge in [-0.3, -0.25) is 9.69 Å². The number of carbonyl (C=O) groups is 1. The maximum absolute atomic E-state index is 12.3. The average molecular weight is 359 g/mol. The summed E-state index contributed by atoms with van der Waals surface area (Å²) in [5.41, 5.74) is 1.36. The molecule has 2 fully saturated rings. The maximum Gasteiger partial charge on any atom is 0.220 e. The third kappa shape index (κ3) is 6.10. The van der Waals surface area contributed by atoms with Crippen molar-refractivity contribution in [1.29, 1.82) is 0 Å². The number of rotatable bonds is 6. The number of carbonyl (C=O) groups excluding carboxylic acids is 1. The van der Waals surface area contributed by atoms with E-state index >= 15 is 0 Å². The van der Waals surface area contributed by atoms with Gasteiger partial charge in [-0.2, -0.15) is 0 Å². The molecule has 1 aliphatic carbocycles. The third-order valence-electron chi connectivity index (χ3n) is 6.01. The number of likely N-dealkylation sites (tertiary alicyclic amines) is 1. The first-order chi connectivity index (χ1) is 12.7. The Morgan fingerprint density at radius 3 is 2.65 bits per heavy atom. The van der Waals surface area contributed by atoms with Crippen molar-refractivity contribution in [2.75, 3.05) is 19.6 Å². The summed E-state index contributed by atoms with van der Waals surface area (Å²) >= 11 is 0. The van der Waals surface area contributed by atoms with Gasteiger partial charge < -0.3 is 10.4 Å². The summed E-state index contributed by atoms with van der Waals surface area (Å²) in [4.78, 5) is 14.9. The van der Waals surface area contributed by atoms with Crippen LogP contribution in [0.25, 0.3) is 0 Å². The van der Waals surface area contributed by atoms with Gasteiger partial charge in [-0.25, -0.2) is 0 Å². The topological polar surface area (TPSA) is 52.6 Å². The molecule has 1 aliphatic heterocycles. The highest BCUT2D eigenvalue weighted by Crippen LogP contribution is 2.27. The number of hydrogen-bond donors (Lipinski definition) is 2. The van der Waals surface area contributed by atoms with Crippen LogP contribution in [0.4, 0.5) is 0 Å². The highest BCUT2D eigenvalue weighted by Gasteiger charge is 2.26. The standard InChI is InChI=1S/C22H34N2O2/c25-21-12-5-4-11-20(21)14-22(26)23-15-19-10-6-7-13-24(17-19)16-18-8-2-1-3-9-18/h1-3,8-9,19-21,25H,4-7,10-17H2,(H,23,26)/t19?,20-,21+/m0/s1. The van der Waals surface area contributed by atoms with Crippen LogP contribution in [0.15, 0.2) is 30.3 Å². The number of amides is 1. The molecule has 1 unspecified atom stereocenters. The Balaban J connectivity index is 1.43. The highest BCUT2D eigenvalue weighted by atomic mass is 16.3. The second kappa shape index (κ2) is 10.1. The lowest BCUT2D eigenvalue weighted by Gasteiger charge is -2.28. The van der Waals surface area contributed by atoms with E-state index in [1.807, 2.05) is 0 Å². The zero-order valence-electron chi connectivity index (χ0n) is 15.9. The molecule has 2 N–H and O–H groups in total. The number of hydrogen-bond acceptors (Lipinski definition) is 3. The van der Waals surface area contributed by atoms with Gasteiger partial charge in [-0.05, 0) is 49.6 Å². The van der Waals surface area contributed by atoms with Crippen molar-refractivity contribution in [1.82, 2.24) is 10.2 Å². The first kappa shape index (κ1) is 19.4. The summed E-state index contributed by atoms with van der Waals surface area (Å²) in [6.45, 7) is 3.97. The van der Waals surface area contributed by atoms with E-state index < -0.39 is 0 Å². The predicted molar refractivity (Wildman–Crippen MR) is 105 cm³/mol. The van der Waals surface area contributed by atoms with E-state index in [1.54, 1.807) is 0 Å². The van der Waals surface area contributed by atoms with Gasteiger partial charge in [-0.1, -0.05) is 49.6 Å². The van der Waals surface area contributed by atoms with Crippen molar-refractivity contribution in [3.8, 4) is 0 Å². The van der Waals surface area contributed by atoms with Crippen LogP contribution < -0.4 is 5.32 Å².